The van der Waals surface area contributed by atoms with Crippen LogP contribution in [0.2, 0.25) is 0 Å². The first-order valence-corrected chi connectivity index (χ1v) is 9.39. The maximum absolute atomic E-state index is 12.5. The molecular weight excluding hydrogens is 432 g/mol. The molecule has 0 aromatic carbocycles. The highest BCUT2D eigenvalue weighted by Crippen LogP contribution is 2.02. The number of rotatable bonds is 14. The number of carbonyl (C=O) groups excluding carboxylic acids is 3. The molecule has 1 aromatic rings. The van der Waals surface area contributed by atoms with Gasteiger partial charge < -0.3 is 47.1 Å². The fraction of sp³-hybridized carbons (Fsp3) is 0.529. The SMILES string of the molecule is NC(CO)C(=O)NC(CCC(=O)O)C(=O)NC(CO)C(=O)NC(Cc1cnc[nH]1)C(=O)O. The zero-order valence-corrected chi connectivity index (χ0v) is 16.9. The summed E-state index contributed by atoms with van der Waals surface area (Å²) in [6.07, 6.45) is 1.64. The van der Waals surface area contributed by atoms with E-state index in [1.54, 1.807) is 0 Å². The lowest BCUT2D eigenvalue weighted by Gasteiger charge is -2.23. The number of nitrogens with one attached hydrogen (secondary N) is 4. The standard InChI is InChI=1S/C17H26N6O9/c18-9(5-24)14(28)21-10(1-2-13(26)27)15(29)23-12(6-25)16(30)22-11(17(31)32)3-8-4-19-7-20-8/h4,7,9-12,24-25H,1-3,5-6,18H2,(H,19,20)(H,21,28)(H,22,30)(H,23,29)(H,26,27)(H,31,32). The van der Waals surface area contributed by atoms with Crippen LogP contribution >= 0.6 is 0 Å². The molecule has 178 valence electrons. The second kappa shape index (κ2) is 13.0. The van der Waals surface area contributed by atoms with E-state index in [2.05, 4.69) is 25.9 Å². The Balaban J connectivity index is 2.84. The molecule has 0 aliphatic heterocycles. The second-order valence-electron chi connectivity index (χ2n) is 6.71. The minimum absolute atomic E-state index is 0.149. The van der Waals surface area contributed by atoms with Crippen molar-refractivity contribution in [2.45, 2.75) is 43.4 Å². The van der Waals surface area contributed by atoms with Crippen LogP contribution in [-0.4, -0.2) is 97.4 Å². The molecule has 4 atom stereocenters. The quantitative estimate of drug-likeness (QED) is 0.129. The van der Waals surface area contributed by atoms with Gasteiger partial charge in [-0.1, -0.05) is 0 Å². The molecule has 3 amide bonds. The van der Waals surface area contributed by atoms with Gasteiger partial charge in [-0.3, -0.25) is 19.2 Å². The van der Waals surface area contributed by atoms with Crippen LogP contribution in [0.1, 0.15) is 18.5 Å². The van der Waals surface area contributed by atoms with E-state index in [0.29, 0.717) is 5.69 Å². The van der Waals surface area contributed by atoms with Crippen molar-refractivity contribution in [3.8, 4) is 0 Å². The fourth-order valence-corrected chi connectivity index (χ4v) is 2.45. The maximum Gasteiger partial charge on any atom is 0.326 e. The number of aliphatic carboxylic acids is 2. The molecule has 10 N–H and O–H groups in total. The molecule has 0 bridgehead atoms. The first-order chi connectivity index (χ1) is 15.1. The molecule has 1 aromatic heterocycles. The van der Waals surface area contributed by atoms with E-state index in [0.717, 1.165) is 0 Å². The molecule has 0 saturated carbocycles. The van der Waals surface area contributed by atoms with Crippen molar-refractivity contribution in [3.63, 3.8) is 0 Å². The summed E-state index contributed by atoms with van der Waals surface area (Å²) in [5.41, 5.74) is 5.77. The molecule has 0 radical (unpaired) electrons. The Kier molecular flexibility index (Phi) is 10.7. The van der Waals surface area contributed by atoms with Crippen LogP contribution in [0.5, 0.6) is 0 Å². The average molecular weight is 458 g/mol. The molecule has 0 saturated heterocycles. The predicted octanol–water partition coefficient (Wildman–Crippen LogP) is -4.33. The van der Waals surface area contributed by atoms with E-state index in [1.807, 2.05) is 0 Å². The lowest BCUT2D eigenvalue weighted by molar-refractivity contribution is -0.142. The van der Waals surface area contributed by atoms with Gasteiger partial charge in [-0.25, -0.2) is 9.78 Å². The largest absolute Gasteiger partial charge is 0.481 e. The zero-order chi connectivity index (χ0) is 24.3. The number of nitrogens with two attached hydrogens (primary N) is 1. The van der Waals surface area contributed by atoms with Crippen LogP contribution in [-0.2, 0) is 30.4 Å². The molecule has 32 heavy (non-hydrogen) atoms. The Morgan fingerprint density at radius 2 is 1.53 bits per heavy atom. The van der Waals surface area contributed by atoms with Crippen LogP contribution < -0.4 is 21.7 Å². The van der Waals surface area contributed by atoms with Crippen LogP contribution in [0.3, 0.4) is 0 Å². The smallest absolute Gasteiger partial charge is 0.326 e. The van der Waals surface area contributed by atoms with E-state index in [9.17, 15) is 34.2 Å². The number of carboxylic acids is 2. The number of nitrogens with zero attached hydrogens (tertiary/aromatic N) is 1. The maximum atomic E-state index is 12.5. The monoisotopic (exact) mass is 458 g/mol. The number of hydrogen-bond donors (Lipinski definition) is 9. The van der Waals surface area contributed by atoms with Crippen LogP contribution in [0.4, 0.5) is 0 Å². The number of aromatic amines is 1. The molecule has 15 heteroatoms. The molecule has 0 spiro atoms. The van der Waals surface area contributed by atoms with Gasteiger partial charge in [-0.05, 0) is 6.42 Å². The number of carbonyl (C=O) groups is 5. The van der Waals surface area contributed by atoms with Crippen molar-refractivity contribution in [2.24, 2.45) is 5.73 Å². The molecule has 0 aliphatic carbocycles. The molecule has 0 aliphatic rings. The van der Waals surface area contributed by atoms with Crippen LogP contribution in [0.15, 0.2) is 12.5 Å². The van der Waals surface area contributed by atoms with Crippen LogP contribution in [0.25, 0.3) is 0 Å². The Labute approximate surface area is 181 Å². The first kappa shape index (κ1) is 26.5. The van der Waals surface area contributed by atoms with Gasteiger partial charge in [0.15, 0.2) is 0 Å². The number of amides is 3. The van der Waals surface area contributed by atoms with Gasteiger partial charge in [0.25, 0.3) is 0 Å². The van der Waals surface area contributed by atoms with E-state index in [-0.39, 0.29) is 12.8 Å². The van der Waals surface area contributed by atoms with E-state index in [4.69, 9.17) is 15.9 Å². The third kappa shape index (κ3) is 8.66. The van der Waals surface area contributed by atoms with E-state index < -0.39 is 73.5 Å². The van der Waals surface area contributed by atoms with Gasteiger partial charge in [0.1, 0.15) is 24.2 Å². The molecule has 15 nitrogen and oxygen atoms in total. The summed E-state index contributed by atoms with van der Waals surface area (Å²) >= 11 is 0. The van der Waals surface area contributed by atoms with Gasteiger partial charge in [0.2, 0.25) is 17.7 Å². The summed E-state index contributed by atoms with van der Waals surface area (Å²) in [4.78, 5) is 65.5. The number of aliphatic hydroxyl groups is 2. The Morgan fingerprint density at radius 3 is 2.03 bits per heavy atom. The highest BCUT2D eigenvalue weighted by molar-refractivity contribution is 5.94. The average Bonchev–Trinajstić information content (AvgIpc) is 3.26. The van der Waals surface area contributed by atoms with Crippen molar-refractivity contribution in [1.82, 2.24) is 25.9 Å². The van der Waals surface area contributed by atoms with Crippen LogP contribution in [0, 0.1) is 0 Å². The number of hydrogen-bond acceptors (Lipinski definition) is 9. The van der Waals surface area contributed by atoms with Gasteiger partial charge in [-0.2, -0.15) is 0 Å². The third-order valence-electron chi connectivity index (χ3n) is 4.22. The predicted molar refractivity (Wildman–Crippen MR) is 105 cm³/mol. The lowest BCUT2D eigenvalue weighted by Crippen LogP contribution is -2.58. The van der Waals surface area contributed by atoms with Gasteiger partial charge in [0.05, 0.1) is 19.5 Å². The Hall–Kier alpha value is -3.56. The Bertz CT molecular complexity index is 800. The normalized spacial score (nSPS) is 14.5. The van der Waals surface area contributed by atoms with Crippen molar-refractivity contribution >= 4 is 29.7 Å². The molecule has 4 unspecified atom stereocenters. The van der Waals surface area contributed by atoms with E-state index in [1.165, 1.54) is 12.5 Å². The van der Waals surface area contributed by atoms with Gasteiger partial charge >= 0.3 is 11.9 Å². The number of carboxylic acid groups (broad SMARTS) is 2. The summed E-state index contributed by atoms with van der Waals surface area (Å²) in [5, 5.41) is 43.0. The lowest BCUT2D eigenvalue weighted by atomic mass is 10.1. The number of aromatic nitrogens is 2. The van der Waals surface area contributed by atoms with Gasteiger partial charge in [-0.15, -0.1) is 0 Å². The summed E-state index contributed by atoms with van der Waals surface area (Å²) in [5.74, 6) is -5.61. The minimum Gasteiger partial charge on any atom is -0.481 e. The zero-order valence-electron chi connectivity index (χ0n) is 16.9. The number of aliphatic hydroxyl groups excluding tert-OH is 2. The Morgan fingerprint density at radius 1 is 0.938 bits per heavy atom. The molecule has 1 rings (SSSR count). The number of imidazole rings is 1. The topological polar surface area (TPSA) is 257 Å². The van der Waals surface area contributed by atoms with Crippen molar-refractivity contribution in [1.29, 1.82) is 0 Å². The third-order valence-corrected chi connectivity index (χ3v) is 4.22. The van der Waals surface area contributed by atoms with E-state index >= 15 is 0 Å². The first-order valence-electron chi connectivity index (χ1n) is 9.39. The minimum atomic E-state index is -1.60. The second-order valence-corrected chi connectivity index (χ2v) is 6.71. The molecule has 0 fully saturated rings. The molecule has 1 heterocycles. The number of H-pyrrole nitrogens is 1. The summed E-state index contributed by atoms with van der Waals surface area (Å²) < 4.78 is 0. The van der Waals surface area contributed by atoms with Crippen molar-refractivity contribution in [2.75, 3.05) is 13.2 Å². The van der Waals surface area contributed by atoms with Gasteiger partial charge in [0, 0.05) is 24.7 Å². The molecular formula is C17H26N6O9. The highest BCUT2D eigenvalue weighted by atomic mass is 16.4. The highest BCUT2D eigenvalue weighted by Gasteiger charge is 2.30. The summed E-state index contributed by atoms with van der Waals surface area (Å²) in [7, 11) is 0. The van der Waals surface area contributed by atoms with Crippen molar-refractivity contribution < 1.29 is 44.4 Å². The summed E-state index contributed by atoms with van der Waals surface area (Å²) in [6, 6.07) is -5.81. The van der Waals surface area contributed by atoms with Crippen molar-refractivity contribution in [3.05, 3.63) is 18.2 Å². The summed E-state index contributed by atoms with van der Waals surface area (Å²) in [6.45, 7) is -1.64. The fourth-order valence-electron chi connectivity index (χ4n) is 2.45.